The van der Waals surface area contributed by atoms with Gasteiger partial charge in [-0.1, -0.05) is 6.07 Å². The van der Waals surface area contributed by atoms with E-state index in [1.807, 2.05) is 12.1 Å². The number of ether oxygens (including phenoxy) is 1. The van der Waals surface area contributed by atoms with Crippen molar-refractivity contribution in [3.63, 3.8) is 0 Å². The second-order valence-electron chi connectivity index (χ2n) is 6.67. The Morgan fingerprint density at radius 1 is 1.10 bits per heavy atom. The van der Waals surface area contributed by atoms with E-state index in [1.165, 1.54) is 6.07 Å². The van der Waals surface area contributed by atoms with E-state index in [1.54, 1.807) is 30.5 Å². The zero-order valence-corrected chi connectivity index (χ0v) is 19.9. The van der Waals surface area contributed by atoms with Crippen LogP contribution in [0.15, 0.2) is 53.5 Å². The first-order valence-electron chi connectivity index (χ1n) is 8.86. The van der Waals surface area contributed by atoms with Gasteiger partial charge in [0, 0.05) is 24.2 Å². The molecule has 1 aromatic heterocycles. The van der Waals surface area contributed by atoms with Gasteiger partial charge in [0.05, 0.1) is 7.14 Å². The summed E-state index contributed by atoms with van der Waals surface area (Å²) < 4.78 is 7.71. The van der Waals surface area contributed by atoms with E-state index in [-0.39, 0.29) is 17.7 Å². The zero-order valence-electron chi connectivity index (χ0n) is 15.6. The first-order valence-corrected chi connectivity index (χ1v) is 11.0. The van der Waals surface area contributed by atoms with Crippen LogP contribution >= 0.6 is 45.2 Å². The number of phenolic OH excluding ortho intramolecular Hbond substituents is 1. The number of H-pyrrole nitrogens is 1. The van der Waals surface area contributed by atoms with Gasteiger partial charge in [0.15, 0.2) is 5.75 Å². The molecule has 0 saturated heterocycles. The van der Waals surface area contributed by atoms with E-state index in [2.05, 4.69) is 50.2 Å². The van der Waals surface area contributed by atoms with E-state index in [0.717, 1.165) is 18.3 Å². The van der Waals surface area contributed by atoms with E-state index in [9.17, 15) is 14.7 Å². The monoisotopic (exact) mass is 632 g/mol. The van der Waals surface area contributed by atoms with Crippen molar-refractivity contribution in [3.8, 4) is 17.2 Å². The molecule has 3 aromatic rings. The number of carboxylic acids is 1. The molecule has 30 heavy (non-hydrogen) atoms. The van der Waals surface area contributed by atoms with E-state index in [4.69, 9.17) is 15.6 Å². The fourth-order valence-corrected chi connectivity index (χ4v) is 4.94. The number of benzene rings is 2. The van der Waals surface area contributed by atoms with Crippen molar-refractivity contribution >= 4 is 51.2 Å². The molecule has 0 saturated carbocycles. The van der Waals surface area contributed by atoms with E-state index < -0.39 is 12.0 Å². The highest BCUT2D eigenvalue weighted by Crippen LogP contribution is 2.35. The molecule has 156 valence electrons. The predicted octanol–water partition coefficient (Wildman–Crippen LogP) is 3.63. The lowest BCUT2D eigenvalue weighted by Gasteiger charge is -2.14. The number of aliphatic carboxylic acids is 1. The van der Waals surface area contributed by atoms with Crippen LogP contribution in [-0.4, -0.2) is 27.2 Å². The van der Waals surface area contributed by atoms with Crippen LogP contribution in [0.1, 0.15) is 16.7 Å². The fourth-order valence-electron chi connectivity index (χ4n) is 2.83. The Bertz CT molecular complexity index is 1100. The molecule has 0 bridgehead atoms. The fraction of sp³-hybridized carbons (Fsp3) is 0.143. The van der Waals surface area contributed by atoms with Gasteiger partial charge in [-0.05, 0) is 93.1 Å². The number of hydrogen-bond donors (Lipinski definition) is 4. The summed E-state index contributed by atoms with van der Waals surface area (Å²) in [4.78, 5) is 24.8. The minimum atomic E-state index is -1.04. The lowest BCUT2D eigenvalue weighted by Crippen LogP contribution is -2.32. The molecule has 9 heteroatoms. The maximum absolute atomic E-state index is 11.2. The quantitative estimate of drug-likeness (QED) is 0.295. The summed E-state index contributed by atoms with van der Waals surface area (Å²) in [7, 11) is 0. The molecule has 0 unspecified atom stereocenters. The molecule has 0 aliphatic rings. The van der Waals surface area contributed by atoms with Gasteiger partial charge < -0.3 is 25.7 Å². The second-order valence-corrected chi connectivity index (χ2v) is 8.99. The molecule has 7 nitrogen and oxygen atoms in total. The third kappa shape index (κ3) is 5.73. The molecule has 2 aromatic carbocycles. The molecule has 0 spiro atoms. The van der Waals surface area contributed by atoms with Gasteiger partial charge in [0.2, 0.25) is 5.56 Å². The molecule has 0 aliphatic heterocycles. The number of carboxylic acid groups (broad SMARTS) is 1. The zero-order chi connectivity index (χ0) is 21.8. The highest BCUT2D eigenvalue weighted by Gasteiger charge is 2.16. The number of aromatic hydroxyl groups is 1. The number of carbonyl (C=O) groups is 1. The van der Waals surface area contributed by atoms with Gasteiger partial charge in [0.25, 0.3) is 0 Å². The van der Waals surface area contributed by atoms with Gasteiger partial charge in [-0.2, -0.15) is 0 Å². The minimum Gasteiger partial charge on any atom is -0.508 e. The van der Waals surface area contributed by atoms with Crippen LogP contribution in [-0.2, 0) is 17.6 Å². The van der Waals surface area contributed by atoms with Crippen molar-refractivity contribution in [2.45, 2.75) is 18.9 Å². The maximum atomic E-state index is 11.2. The minimum absolute atomic E-state index is 0.135. The number of aromatic amines is 1. The Labute approximate surface area is 199 Å². The van der Waals surface area contributed by atoms with Crippen molar-refractivity contribution in [2.24, 2.45) is 5.73 Å². The van der Waals surface area contributed by atoms with Crippen LogP contribution in [0.4, 0.5) is 0 Å². The van der Waals surface area contributed by atoms with Gasteiger partial charge in [-0.3, -0.25) is 9.59 Å². The summed E-state index contributed by atoms with van der Waals surface area (Å²) in [5.41, 5.74) is 7.78. The lowest BCUT2D eigenvalue weighted by atomic mass is 10.1. The average Bonchev–Trinajstić information content (AvgIpc) is 2.68. The van der Waals surface area contributed by atoms with Crippen LogP contribution in [0, 0.1) is 7.14 Å². The van der Waals surface area contributed by atoms with Gasteiger partial charge in [-0.25, -0.2) is 0 Å². The number of pyridine rings is 1. The Balaban J connectivity index is 1.83. The Kier molecular flexibility index (Phi) is 7.36. The number of nitrogens with two attached hydrogens (primary N) is 1. The Morgan fingerprint density at radius 2 is 1.80 bits per heavy atom. The molecule has 0 aliphatic carbocycles. The van der Waals surface area contributed by atoms with Crippen molar-refractivity contribution in [2.75, 3.05) is 0 Å². The standard InChI is InChI=1S/C21H18I2N2O5/c22-15-6-12(8-17(24)21(28)29)7-16(23)20(15)30-14-2-3-18(26)13(9-14)5-11-1-4-19(27)25-10-11/h1-4,6-7,9-10,17,26H,5,8,24H2,(H,25,27)(H,28,29)/t17-/m1/s1. The molecule has 5 N–H and O–H groups in total. The van der Waals surface area contributed by atoms with E-state index >= 15 is 0 Å². The number of phenols is 1. The van der Waals surface area contributed by atoms with E-state index in [0.29, 0.717) is 23.5 Å². The number of rotatable bonds is 7. The third-order valence-electron chi connectivity index (χ3n) is 4.34. The summed E-state index contributed by atoms with van der Waals surface area (Å²) in [5.74, 6) is 0.290. The maximum Gasteiger partial charge on any atom is 0.320 e. The van der Waals surface area contributed by atoms with Crippen LogP contribution in [0.2, 0.25) is 0 Å². The highest BCUT2D eigenvalue weighted by molar-refractivity contribution is 14.1. The summed E-state index contributed by atoms with van der Waals surface area (Å²) in [5, 5.41) is 19.2. The van der Waals surface area contributed by atoms with Crippen LogP contribution in [0.5, 0.6) is 17.2 Å². The summed E-state index contributed by atoms with van der Waals surface area (Å²) in [6, 6.07) is 10.9. The normalized spacial score (nSPS) is 11.8. The first-order chi connectivity index (χ1) is 14.2. The summed E-state index contributed by atoms with van der Waals surface area (Å²) >= 11 is 4.28. The topological polar surface area (TPSA) is 126 Å². The molecular weight excluding hydrogens is 614 g/mol. The Hall–Kier alpha value is -2.12. The average molecular weight is 632 g/mol. The van der Waals surface area contributed by atoms with Gasteiger partial charge >= 0.3 is 5.97 Å². The largest absolute Gasteiger partial charge is 0.508 e. The van der Waals surface area contributed by atoms with Crippen LogP contribution < -0.4 is 16.0 Å². The lowest BCUT2D eigenvalue weighted by molar-refractivity contribution is -0.138. The smallest absolute Gasteiger partial charge is 0.320 e. The molecule has 3 rings (SSSR count). The van der Waals surface area contributed by atoms with Crippen LogP contribution in [0.25, 0.3) is 0 Å². The number of nitrogens with one attached hydrogen (secondary N) is 1. The van der Waals surface area contributed by atoms with Crippen LogP contribution in [0.3, 0.4) is 0 Å². The molecule has 1 atom stereocenters. The van der Waals surface area contributed by atoms with Crippen molar-refractivity contribution in [1.29, 1.82) is 0 Å². The molecule has 1 heterocycles. The number of hydrogen-bond acceptors (Lipinski definition) is 5. The third-order valence-corrected chi connectivity index (χ3v) is 5.95. The van der Waals surface area contributed by atoms with Gasteiger partial charge in [0.1, 0.15) is 17.5 Å². The first kappa shape index (κ1) is 22.6. The molecular formula is C21H18I2N2O5. The van der Waals surface area contributed by atoms with Crippen molar-refractivity contribution in [3.05, 3.63) is 82.8 Å². The second kappa shape index (κ2) is 9.79. The molecule has 0 radical (unpaired) electrons. The predicted molar refractivity (Wildman–Crippen MR) is 129 cm³/mol. The highest BCUT2D eigenvalue weighted by atomic mass is 127. The number of aromatic nitrogens is 1. The molecule has 0 amide bonds. The number of halogens is 2. The molecule has 0 fully saturated rings. The van der Waals surface area contributed by atoms with Crippen molar-refractivity contribution < 1.29 is 19.7 Å². The Morgan fingerprint density at radius 3 is 2.40 bits per heavy atom. The summed E-state index contributed by atoms with van der Waals surface area (Å²) in [6.07, 6.45) is 2.27. The SMILES string of the molecule is N[C@H](Cc1cc(I)c(Oc2ccc(O)c(Cc3ccc(=O)[nH]c3)c2)c(I)c1)C(=O)O. The van der Waals surface area contributed by atoms with Crippen molar-refractivity contribution in [1.82, 2.24) is 4.98 Å². The summed E-state index contributed by atoms with van der Waals surface area (Å²) in [6.45, 7) is 0. The van der Waals surface area contributed by atoms with Gasteiger partial charge in [-0.15, -0.1) is 0 Å².